The molecule has 1 saturated carbocycles. The second kappa shape index (κ2) is 10.8. The third-order valence-electron chi connectivity index (χ3n) is 7.13. The first-order valence-corrected chi connectivity index (χ1v) is 12.8. The van der Waals surface area contributed by atoms with E-state index >= 15 is 0 Å². The number of aryl methyl sites for hydroxylation is 2. The van der Waals surface area contributed by atoms with Crippen LogP contribution in [0, 0.1) is 13.8 Å². The molecule has 1 aliphatic rings. The van der Waals surface area contributed by atoms with E-state index in [1.54, 1.807) is 12.4 Å². The normalized spacial score (nSPS) is 17.7. The van der Waals surface area contributed by atoms with Gasteiger partial charge in [0.25, 0.3) is 0 Å². The van der Waals surface area contributed by atoms with E-state index in [0.717, 1.165) is 63.8 Å². The molecule has 4 heteroatoms. The van der Waals surface area contributed by atoms with E-state index in [1.807, 2.05) is 74.5 Å². The van der Waals surface area contributed by atoms with Gasteiger partial charge in [-0.3, -0.25) is 9.98 Å². The third-order valence-corrected chi connectivity index (χ3v) is 7.13. The van der Waals surface area contributed by atoms with Crippen LogP contribution in [0.1, 0.15) is 41.5 Å². The van der Waals surface area contributed by atoms with Gasteiger partial charge in [0, 0.05) is 23.6 Å². The summed E-state index contributed by atoms with van der Waals surface area (Å²) in [5.74, 6) is 0.527. The lowest BCUT2D eigenvalue weighted by molar-refractivity contribution is 0.469. The van der Waals surface area contributed by atoms with Gasteiger partial charge in [-0.15, -0.1) is 0 Å². The molecule has 4 aromatic rings. The zero-order chi connectivity index (χ0) is 25.8. The van der Waals surface area contributed by atoms with Crippen LogP contribution in [0.2, 0.25) is 0 Å². The average Bonchev–Trinajstić information content (AvgIpc) is 3.38. The zero-order valence-electron chi connectivity index (χ0n) is 21.3. The molecule has 0 saturated heterocycles. The van der Waals surface area contributed by atoms with Gasteiger partial charge in [-0.05, 0) is 90.8 Å². The molecule has 0 amide bonds. The summed E-state index contributed by atoms with van der Waals surface area (Å²) >= 11 is 0. The van der Waals surface area contributed by atoms with Crippen molar-refractivity contribution in [2.24, 2.45) is 9.98 Å². The molecule has 0 aliphatic heterocycles. The molecule has 0 heterocycles. The average molecular weight is 489 g/mol. The lowest BCUT2D eigenvalue weighted by atomic mass is 9.99. The summed E-state index contributed by atoms with van der Waals surface area (Å²) in [6.07, 6.45) is 6.54. The molecule has 2 unspecified atom stereocenters. The highest BCUT2D eigenvalue weighted by Gasteiger charge is 2.25. The maximum atomic E-state index is 10.7. The number of hydrogen-bond donors (Lipinski definition) is 2. The predicted octanol–water partition coefficient (Wildman–Crippen LogP) is 7.51. The maximum absolute atomic E-state index is 10.7. The highest BCUT2D eigenvalue weighted by Crippen LogP contribution is 2.32. The van der Waals surface area contributed by atoms with Crippen LogP contribution < -0.4 is 0 Å². The number of hydrogen-bond acceptors (Lipinski definition) is 4. The first-order valence-electron chi connectivity index (χ1n) is 12.8. The summed E-state index contributed by atoms with van der Waals surface area (Å²) in [5.41, 5.74) is 7.42. The van der Waals surface area contributed by atoms with Gasteiger partial charge in [0.2, 0.25) is 0 Å². The first kappa shape index (κ1) is 24.5. The van der Waals surface area contributed by atoms with Crippen LogP contribution in [0.25, 0.3) is 22.3 Å². The van der Waals surface area contributed by atoms with E-state index in [9.17, 15) is 10.2 Å². The Bertz CT molecular complexity index is 1330. The Hall–Kier alpha value is -4.18. The minimum absolute atomic E-state index is 0.0388. The Morgan fingerprint density at radius 3 is 1.41 bits per heavy atom. The fraction of sp³-hybridized carbons (Fsp3) is 0.212. The molecule has 0 bridgehead atoms. The van der Waals surface area contributed by atoms with Crippen molar-refractivity contribution in [2.75, 3.05) is 0 Å². The molecule has 5 rings (SSSR count). The molecule has 0 radical (unpaired) electrons. The Morgan fingerprint density at radius 2 is 1.00 bits per heavy atom. The van der Waals surface area contributed by atoms with E-state index in [0.29, 0.717) is 0 Å². The number of rotatable bonds is 6. The monoisotopic (exact) mass is 488 g/mol. The molecule has 0 aromatic heterocycles. The molecule has 37 heavy (non-hydrogen) atoms. The minimum atomic E-state index is 0.0388. The van der Waals surface area contributed by atoms with Crippen LogP contribution in [0.5, 0.6) is 11.5 Å². The quantitative estimate of drug-likeness (QED) is 0.276. The number of phenols is 2. The number of nitrogens with zero attached hydrogens (tertiary/aromatic N) is 2. The smallest absolute Gasteiger partial charge is 0.127 e. The molecule has 2 N–H and O–H groups in total. The van der Waals surface area contributed by atoms with Crippen LogP contribution in [-0.2, 0) is 0 Å². The van der Waals surface area contributed by atoms with Crippen molar-refractivity contribution in [3.8, 4) is 33.8 Å². The lowest BCUT2D eigenvalue weighted by Gasteiger charge is -2.13. The predicted molar refractivity (Wildman–Crippen MR) is 153 cm³/mol. The molecule has 1 fully saturated rings. The first-order chi connectivity index (χ1) is 18.0. The summed E-state index contributed by atoms with van der Waals surface area (Å²) < 4.78 is 0. The van der Waals surface area contributed by atoms with Crippen molar-refractivity contribution in [2.45, 2.75) is 45.2 Å². The molecular weight excluding hydrogens is 456 g/mol. The molecule has 2 atom stereocenters. The van der Waals surface area contributed by atoms with Crippen molar-refractivity contribution in [3.63, 3.8) is 0 Å². The van der Waals surface area contributed by atoms with E-state index in [2.05, 4.69) is 24.3 Å². The fourth-order valence-corrected chi connectivity index (χ4v) is 5.03. The van der Waals surface area contributed by atoms with Crippen LogP contribution >= 0.6 is 0 Å². The highest BCUT2D eigenvalue weighted by molar-refractivity contribution is 5.88. The van der Waals surface area contributed by atoms with Gasteiger partial charge < -0.3 is 10.2 Å². The largest absolute Gasteiger partial charge is 0.507 e. The highest BCUT2D eigenvalue weighted by atomic mass is 16.3. The SMILES string of the molecule is Cc1cc(-c2ccccc2)cc(C=NC2CCCC2N=Cc2cc(-c3ccccc3)cc(C)c2O)c1O. The van der Waals surface area contributed by atoms with Crippen LogP contribution in [-0.4, -0.2) is 34.7 Å². The van der Waals surface area contributed by atoms with Crippen molar-refractivity contribution in [1.82, 2.24) is 0 Å². The van der Waals surface area contributed by atoms with Crippen LogP contribution in [0.3, 0.4) is 0 Å². The van der Waals surface area contributed by atoms with E-state index in [-0.39, 0.29) is 23.6 Å². The van der Waals surface area contributed by atoms with Crippen molar-refractivity contribution in [1.29, 1.82) is 0 Å². The van der Waals surface area contributed by atoms with Gasteiger partial charge in [-0.25, -0.2) is 0 Å². The topological polar surface area (TPSA) is 65.2 Å². The standard InChI is InChI=1S/C33H32N2O2/c1-22-16-26(24-10-5-3-6-11-24)18-28(32(22)36)20-34-30-14-9-15-31(30)35-21-29-19-27(17-23(2)33(29)37)25-12-7-4-8-13-25/h3-8,10-13,16-21,30-31,36-37H,9,14-15H2,1-2H3. The Labute approximate surface area is 218 Å². The van der Waals surface area contributed by atoms with Crippen LogP contribution in [0.15, 0.2) is 94.9 Å². The van der Waals surface area contributed by atoms with Crippen molar-refractivity contribution in [3.05, 3.63) is 107 Å². The molecule has 1 aliphatic carbocycles. The number of aromatic hydroxyl groups is 2. The molecule has 0 spiro atoms. The second-order valence-electron chi connectivity index (χ2n) is 9.82. The number of benzene rings is 4. The summed E-state index contributed by atoms with van der Waals surface area (Å²) in [4.78, 5) is 9.74. The third kappa shape index (κ3) is 5.49. The van der Waals surface area contributed by atoms with Gasteiger partial charge in [0.15, 0.2) is 0 Å². The van der Waals surface area contributed by atoms with Gasteiger partial charge in [0.05, 0.1) is 12.1 Å². The Balaban J connectivity index is 1.38. The van der Waals surface area contributed by atoms with Gasteiger partial charge in [-0.1, -0.05) is 60.7 Å². The Kier molecular flexibility index (Phi) is 7.18. The fourth-order valence-electron chi connectivity index (χ4n) is 5.03. The number of phenolic OH excluding ortho intramolecular Hbond substituents is 2. The van der Waals surface area contributed by atoms with Gasteiger partial charge in [0.1, 0.15) is 11.5 Å². The molecule has 4 nitrogen and oxygen atoms in total. The van der Waals surface area contributed by atoms with Gasteiger partial charge >= 0.3 is 0 Å². The molecule has 186 valence electrons. The molecular formula is C33H32N2O2. The molecule has 4 aromatic carbocycles. The summed E-state index contributed by atoms with van der Waals surface area (Å²) in [5, 5.41) is 21.4. The summed E-state index contributed by atoms with van der Waals surface area (Å²) in [7, 11) is 0. The number of aliphatic imine (C=N–C) groups is 2. The Morgan fingerprint density at radius 1 is 0.595 bits per heavy atom. The summed E-state index contributed by atoms with van der Waals surface area (Å²) in [6, 6.07) is 28.4. The van der Waals surface area contributed by atoms with E-state index in [4.69, 9.17) is 9.98 Å². The van der Waals surface area contributed by atoms with Crippen molar-refractivity contribution >= 4 is 12.4 Å². The van der Waals surface area contributed by atoms with Gasteiger partial charge in [-0.2, -0.15) is 0 Å². The summed E-state index contributed by atoms with van der Waals surface area (Å²) in [6.45, 7) is 3.83. The van der Waals surface area contributed by atoms with Crippen LogP contribution in [0.4, 0.5) is 0 Å². The van der Waals surface area contributed by atoms with E-state index < -0.39 is 0 Å². The lowest BCUT2D eigenvalue weighted by Crippen LogP contribution is -2.16. The minimum Gasteiger partial charge on any atom is -0.507 e. The zero-order valence-corrected chi connectivity index (χ0v) is 21.3. The maximum Gasteiger partial charge on any atom is 0.127 e. The van der Waals surface area contributed by atoms with Crippen molar-refractivity contribution < 1.29 is 10.2 Å². The van der Waals surface area contributed by atoms with E-state index in [1.165, 1.54) is 0 Å². The second-order valence-corrected chi connectivity index (χ2v) is 9.82.